The minimum absolute atomic E-state index is 0.346. The molecule has 3 heterocycles. The van der Waals surface area contributed by atoms with Crippen molar-refractivity contribution in [3.63, 3.8) is 0 Å². The van der Waals surface area contributed by atoms with E-state index in [1.807, 2.05) is 16.7 Å². The number of aromatic nitrogens is 3. The van der Waals surface area contributed by atoms with Crippen molar-refractivity contribution in [3.8, 4) is 11.3 Å². The average molecular weight is 402 g/mol. The molecule has 154 valence electrons. The number of benzene rings is 1. The fourth-order valence-electron chi connectivity index (χ4n) is 4.47. The largest absolute Gasteiger partial charge is 0.465 e. The molecule has 1 aliphatic carbocycles. The van der Waals surface area contributed by atoms with Crippen LogP contribution in [0, 0.1) is 0 Å². The van der Waals surface area contributed by atoms with Crippen LogP contribution in [0.1, 0.15) is 42.5 Å². The first-order valence-corrected chi connectivity index (χ1v) is 10.6. The van der Waals surface area contributed by atoms with E-state index < -0.39 is 0 Å². The molecule has 30 heavy (non-hydrogen) atoms. The summed E-state index contributed by atoms with van der Waals surface area (Å²) in [5, 5.41) is 4.96. The predicted molar refractivity (Wildman–Crippen MR) is 119 cm³/mol. The summed E-state index contributed by atoms with van der Waals surface area (Å²) in [7, 11) is 3.46. The number of imidazole rings is 1. The number of carbonyl (C=O) groups excluding carboxylic acids is 1. The second-order valence-corrected chi connectivity index (χ2v) is 8.13. The van der Waals surface area contributed by atoms with Crippen LogP contribution < -0.4 is 5.32 Å². The van der Waals surface area contributed by atoms with Crippen LogP contribution in [0.2, 0.25) is 0 Å². The van der Waals surface area contributed by atoms with Gasteiger partial charge in [-0.25, -0.2) is 9.78 Å². The number of methoxy groups -OCH3 is 1. The first-order valence-electron chi connectivity index (χ1n) is 10.6. The Balaban J connectivity index is 1.67. The molecule has 0 radical (unpaired) electrons. The Bertz CT molecular complexity index is 1230. The number of hydrogen-bond acceptors (Lipinski definition) is 4. The molecule has 5 rings (SSSR count). The number of nitrogens with one attached hydrogen (secondary N) is 1. The van der Waals surface area contributed by atoms with Gasteiger partial charge in [0.2, 0.25) is 0 Å². The van der Waals surface area contributed by atoms with Gasteiger partial charge in [-0.1, -0.05) is 31.4 Å². The normalized spacial score (nSPS) is 15.0. The Hall–Kier alpha value is -3.28. The molecule has 6 nitrogen and oxygen atoms in total. The van der Waals surface area contributed by atoms with E-state index in [9.17, 15) is 4.79 Å². The monoisotopic (exact) mass is 402 g/mol. The van der Waals surface area contributed by atoms with Gasteiger partial charge in [-0.3, -0.25) is 4.40 Å². The summed E-state index contributed by atoms with van der Waals surface area (Å²) in [6, 6.07) is 12.6. The van der Waals surface area contributed by atoms with Crippen LogP contribution in [0.4, 0.5) is 5.82 Å². The first kappa shape index (κ1) is 18.7. The van der Waals surface area contributed by atoms with Gasteiger partial charge in [0.25, 0.3) is 0 Å². The molecule has 0 saturated heterocycles. The lowest BCUT2D eigenvalue weighted by Crippen LogP contribution is -2.23. The highest BCUT2D eigenvalue weighted by Gasteiger charge is 2.21. The standard InChI is InChI=1S/C24H26N4O2/c1-27-13-12-16-8-9-17(14-20(16)27)22-23(25-19-6-4-3-5-7-19)28-15-18(24(29)30-2)10-11-21(28)26-22/h8-15,19,25H,3-7H2,1-2H3. The van der Waals surface area contributed by atoms with E-state index >= 15 is 0 Å². The number of aryl methyl sites for hydroxylation is 1. The third-order valence-electron chi connectivity index (χ3n) is 6.15. The molecule has 0 aliphatic heterocycles. The van der Waals surface area contributed by atoms with Crippen LogP contribution in [0.3, 0.4) is 0 Å². The summed E-state index contributed by atoms with van der Waals surface area (Å²) < 4.78 is 9.04. The van der Waals surface area contributed by atoms with E-state index in [4.69, 9.17) is 9.72 Å². The molecule has 1 aliphatic rings. The van der Waals surface area contributed by atoms with Crippen LogP contribution >= 0.6 is 0 Å². The summed E-state index contributed by atoms with van der Waals surface area (Å²) in [5.74, 6) is 0.595. The van der Waals surface area contributed by atoms with Crippen LogP contribution in [0.25, 0.3) is 27.8 Å². The lowest BCUT2D eigenvalue weighted by Gasteiger charge is -2.24. The van der Waals surface area contributed by atoms with Crippen molar-refractivity contribution in [1.82, 2.24) is 14.0 Å². The molecule has 3 aromatic heterocycles. The van der Waals surface area contributed by atoms with Gasteiger partial charge in [-0.15, -0.1) is 0 Å². The van der Waals surface area contributed by atoms with Crippen molar-refractivity contribution in [1.29, 1.82) is 0 Å². The third kappa shape index (κ3) is 3.22. The highest BCUT2D eigenvalue weighted by molar-refractivity contribution is 5.91. The molecular weight excluding hydrogens is 376 g/mol. The number of anilines is 1. The lowest BCUT2D eigenvalue weighted by atomic mass is 9.95. The van der Waals surface area contributed by atoms with Gasteiger partial charge in [0.1, 0.15) is 17.2 Å². The van der Waals surface area contributed by atoms with E-state index in [2.05, 4.69) is 47.4 Å². The number of nitrogens with zero attached hydrogens (tertiary/aromatic N) is 3. The molecule has 0 atom stereocenters. The fourth-order valence-corrected chi connectivity index (χ4v) is 4.47. The molecule has 1 saturated carbocycles. The maximum atomic E-state index is 12.1. The number of rotatable bonds is 4. The molecule has 1 fully saturated rings. The SMILES string of the molecule is COC(=O)c1ccc2nc(-c3ccc4ccn(C)c4c3)c(NC3CCCCC3)n2c1. The Morgan fingerprint density at radius 2 is 1.97 bits per heavy atom. The van der Waals surface area contributed by atoms with Crippen LogP contribution in [0.15, 0.2) is 48.8 Å². The molecule has 1 aromatic carbocycles. The third-order valence-corrected chi connectivity index (χ3v) is 6.15. The van der Waals surface area contributed by atoms with Gasteiger partial charge in [0.15, 0.2) is 0 Å². The smallest absolute Gasteiger partial charge is 0.339 e. The average Bonchev–Trinajstić information content (AvgIpc) is 3.34. The lowest BCUT2D eigenvalue weighted by molar-refractivity contribution is 0.0600. The van der Waals surface area contributed by atoms with Crippen LogP contribution in [-0.2, 0) is 11.8 Å². The molecule has 0 unspecified atom stereocenters. The van der Waals surface area contributed by atoms with Crippen molar-refractivity contribution in [2.75, 3.05) is 12.4 Å². The van der Waals surface area contributed by atoms with Crippen LogP contribution in [-0.4, -0.2) is 33.1 Å². The maximum absolute atomic E-state index is 12.1. The summed E-state index contributed by atoms with van der Waals surface area (Å²) >= 11 is 0. The number of hydrogen-bond donors (Lipinski definition) is 1. The zero-order valence-electron chi connectivity index (χ0n) is 17.4. The van der Waals surface area contributed by atoms with E-state index in [-0.39, 0.29) is 5.97 Å². The van der Waals surface area contributed by atoms with Crippen molar-refractivity contribution in [2.45, 2.75) is 38.1 Å². The molecule has 4 aromatic rings. The zero-order valence-corrected chi connectivity index (χ0v) is 17.4. The van der Waals surface area contributed by atoms with Crippen molar-refractivity contribution >= 4 is 28.3 Å². The second kappa shape index (κ2) is 7.52. The number of ether oxygens (including phenoxy) is 1. The minimum Gasteiger partial charge on any atom is -0.465 e. The maximum Gasteiger partial charge on any atom is 0.339 e. The highest BCUT2D eigenvalue weighted by atomic mass is 16.5. The predicted octanol–water partition coefficient (Wildman–Crippen LogP) is 5.02. The molecule has 0 spiro atoms. The van der Waals surface area contributed by atoms with E-state index in [0.29, 0.717) is 11.6 Å². The fraction of sp³-hybridized carbons (Fsp3) is 0.333. The van der Waals surface area contributed by atoms with Gasteiger partial charge >= 0.3 is 5.97 Å². The summed E-state index contributed by atoms with van der Waals surface area (Å²) in [6.07, 6.45) is 9.99. The van der Waals surface area contributed by atoms with Crippen molar-refractivity contribution in [2.24, 2.45) is 7.05 Å². The van der Waals surface area contributed by atoms with Gasteiger partial charge in [0, 0.05) is 36.6 Å². The van der Waals surface area contributed by atoms with E-state index in [1.54, 1.807) is 6.07 Å². The molecule has 1 N–H and O–H groups in total. The summed E-state index contributed by atoms with van der Waals surface area (Å²) in [4.78, 5) is 17.0. The topological polar surface area (TPSA) is 60.6 Å². The number of carbonyl (C=O) groups is 1. The molecule has 6 heteroatoms. The Morgan fingerprint density at radius 1 is 1.13 bits per heavy atom. The first-order chi connectivity index (χ1) is 14.6. The molecule has 0 bridgehead atoms. The van der Waals surface area contributed by atoms with Gasteiger partial charge in [-0.2, -0.15) is 0 Å². The summed E-state index contributed by atoms with van der Waals surface area (Å²) in [6.45, 7) is 0. The Morgan fingerprint density at radius 3 is 2.77 bits per heavy atom. The zero-order chi connectivity index (χ0) is 20.7. The van der Waals surface area contributed by atoms with Crippen molar-refractivity contribution in [3.05, 3.63) is 54.4 Å². The summed E-state index contributed by atoms with van der Waals surface area (Å²) in [5.41, 5.74) is 4.46. The van der Waals surface area contributed by atoms with Gasteiger partial charge < -0.3 is 14.6 Å². The Kier molecular flexibility index (Phi) is 4.69. The van der Waals surface area contributed by atoms with Crippen LogP contribution in [0.5, 0.6) is 0 Å². The van der Waals surface area contributed by atoms with E-state index in [1.165, 1.54) is 37.3 Å². The quantitative estimate of drug-likeness (QED) is 0.487. The van der Waals surface area contributed by atoms with Gasteiger partial charge in [-0.05, 0) is 42.5 Å². The molecular formula is C24H26N4O2. The van der Waals surface area contributed by atoms with Crippen molar-refractivity contribution < 1.29 is 9.53 Å². The second-order valence-electron chi connectivity index (χ2n) is 8.13. The highest BCUT2D eigenvalue weighted by Crippen LogP contribution is 2.33. The number of fused-ring (bicyclic) bond motifs is 2. The van der Waals surface area contributed by atoms with E-state index in [0.717, 1.165) is 35.6 Å². The minimum atomic E-state index is -0.346. The Labute approximate surface area is 175 Å². The van der Waals surface area contributed by atoms with Gasteiger partial charge in [0.05, 0.1) is 12.7 Å². The molecule has 0 amide bonds. The number of pyridine rings is 1. The number of esters is 1.